The van der Waals surface area contributed by atoms with Crippen molar-refractivity contribution in [3.05, 3.63) is 0 Å². The molecule has 0 N–H and O–H groups in total. The molecular formula is C8H12ClNO2. The first kappa shape index (κ1) is 9.52. The first-order valence-corrected chi connectivity index (χ1v) is 4.63. The number of alkyl halides is 1. The van der Waals surface area contributed by atoms with Crippen LogP contribution in [-0.2, 0) is 9.59 Å². The number of hydrogen-bond donors (Lipinski definition) is 0. The van der Waals surface area contributed by atoms with Crippen LogP contribution >= 0.6 is 11.6 Å². The maximum Gasteiger partial charge on any atom is 0.223 e. The van der Waals surface area contributed by atoms with E-state index in [0.717, 1.165) is 0 Å². The minimum atomic E-state index is 0.0671. The van der Waals surface area contributed by atoms with Crippen LogP contribution in [0.5, 0.6) is 0 Å². The minimum Gasteiger partial charge on any atom is -0.342 e. The number of piperidine rings is 1. The zero-order valence-electron chi connectivity index (χ0n) is 6.88. The molecule has 1 heterocycles. The number of carbonyl (C=O) groups excluding carboxylic acids is 2. The van der Waals surface area contributed by atoms with Gasteiger partial charge in [-0.2, -0.15) is 0 Å². The van der Waals surface area contributed by atoms with E-state index in [2.05, 4.69) is 0 Å². The topological polar surface area (TPSA) is 37.4 Å². The fourth-order valence-electron chi connectivity index (χ4n) is 1.24. The van der Waals surface area contributed by atoms with Crippen LogP contribution in [0.15, 0.2) is 0 Å². The second kappa shape index (κ2) is 4.45. The van der Waals surface area contributed by atoms with Gasteiger partial charge in [0.2, 0.25) is 5.91 Å². The van der Waals surface area contributed by atoms with Crippen LogP contribution in [0.4, 0.5) is 0 Å². The summed E-state index contributed by atoms with van der Waals surface area (Å²) in [5, 5.41) is 0. The fraction of sp³-hybridized carbons (Fsp3) is 0.750. The number of ketones is 1. The Hall–Kier alpha value is -0.570. The van der Waals surface area contributed by atoms with Gasteiger partial charge in [-0.15, -0.1) is 11.6 Å². The third-order valence-electron chi connectivity index (χ3n) is 1.98. The van der Waals surface area contributed by atoms with Crippen molar-refractivity contribution in [2.45, 2.75) is 19.3 Å². The summed E-state index contributed by atoms with van der Waals surface area (Å²) in [6.45, 7) is 1.16. The summed E-state index contributed by atoms with van der Waals surface area (Å²) in [5.41, 5.74) is 0. The van der Waals surface area contributed by atoms with E-state index in [0.29, 0.717) is 38.2 Å². The van der Waals surface area contributed by atoms with Crippen molar-refractivity contribution >= 4 is 23.3 Å². The molecule has 0 saturated carbocycles. The zero-order chi connectivity index (χ0) is 8.97. The van der Waals surface area contributed by atoms with Gasteiger partial charge in [-0.3, -0.25) is 9.59 Å². The molecule has 0 aromatic carbocycles. The van der Waals surface area contributed by atoms with Crippen molar-refractivity contribution < 1.29 is 9.59 Å². The number of carbonyl (C=O) groups is 2. The summed E-state index contributed by atoms with van der Waals surface area (Å²) in [7, 11) is 0. The molecular weight excluding hydrogens is 178 g/mol. The lowest BCUT2D eigenvalue weighted by atomic mass is 10.1. The lowest BCUT2D eigenvalue weighted by Gasteiger charge is -2.25. The third-order valence-corrected chi connectivity index (χ3v) is 2.17. The van der Waals surface area contributed by atoms with Gasteiger partial charge in [0.25, 0.3) is 0 Å². The highest BCUT2D eigenvalue weighted by Crippen LogP contribution is 2.07. The molecule has 0 atom stereocenters. The van der Waals surface area contributed by atoms with E-state index in [1.165, 1.54) is 0 Å². The Morgan fingerprint density at radius 3 is 2.50 bits per heavy atom. The number of amides is 1. The van der Waals surface area contributed by atoms with Gasteiger partial charge in [-0.25, -0.2) is 0 Å². The summed E-state index contributed by atoms with van der Waals surface area (Å²) in [6, 6.07) is 0. The van der Waals surface area contributed by atoms with E-state index in [-0.39, 0.29) is 11.7 Å². The molecule has 0 aliphatic carbocycles. The summed E-state index contributed by atoms with van der Waals surface area (Å²) in [6.07, 6.45) is 1.40. The van der Waals surface area contributed by atoms with E-state index in [1.54, 1.807) is 4.90 Å². The van der Waals surface area contributed by atoms with Gasteiger partial charge in [0, 0.05) is 38.2 Å². The van der Waals surface area contributed by atoms with Crippen LogP contribution in [0, 0.1) is 0 Å². The van der Waals surface area contributed by atoms with Crippen molar-refractivity contribution in [3.63, 3.8) is 0 Å². The Bertz CT molecular complexity index is 183. The number of nitrogens with zero attached hydrogens (tertiary/aromatic N) is 1. The maximum absolute atomic E-state index is 11.2. The highest BCUT2D eigenvalue weighted by molar-refractivity contribution is 6.18. The highest BCUT2D eigenvalue weighted by atomic mass is 35.5. The number of Topliss-reactive ketones (excluding diaryl/α,β-unsaturated/α-hetero) is 1. The smallest absolute Gasteiger partial charge is 0.223 e. The molecule has 0 aromatic rings. The molecule has 0 aromatic heterocycles. The molecule has 0 radical (unpaired) electrons. The Kier molecular flexibility index (Phi) is 3.53. The molecule has 1 rings (SSSR count). The van der Waals surface area contributed by atoms with Crippen molar-refractivity contribution in [1.29, 1.82) is 0 Å². The number of rotatable bonds is 2. The van der Waals surface area contributed by atoms with E-state index in [1.807, 2.05) is 0 Å². The molecule has 0 bridgehead atoms. The Morgan fingerprint density at radius 1 is 1.42 bits per heavy atom. The quantitative estimate of drug-likeness (QED) is 0.603. The molecule has 1 amide bonds. The SMILES string of the molecule is O=C1CCN(C(=O)CCCl)CC1. The summed E-state index contributed by atoms with van der Waals surface area (Å²) in [4.78, 5) is 23.8. The lowest BCUT2D eigenvalue weighted by molar-refractivity contribution is -0.134. The maximum atomic E-state index is 11.2. The van der Waals surface area contributed by atoms with Crippen molar-refractivity contribution in [1.82, 2.24) is 4.90 Å². The zero-order valence-corrected chi connectivity index (χ0v) is 7.64. The molecule has 12 heavy (non-hydrogen) atoms. The molecule has 1 aliphatic heterocycles. The average Bonchev–Trinajstić information content (AvgIpc) is 2.06. The normalized spacial score (nSPS) is 18.1. The minimum absolute atomic E-state index is 0.0671. The van der Waals surface area contributed by atoms with E-state index in [9.17, 15) is 9.59 Å². The first-order valence-electron chi connectivity index (χ1n) is 4.09. The average molecular weight is 190 g/mol. The number of halogens is 1. The van der Waals surface area contributed by atoms with Gasteiger partial charge in [-0.1, -0.05) is 0 Å². The van der Waals surface area contributed by atoms with Crippen molar-refractivity contribution in [3.8, 4) is 0 Å². The monoisotopic (exact) mass is 189 g/mol. The van der Waals surface area contributed by atoms with Crippen LogP contribution in [0.25, 0.3) is 0 Å². The largest absolute Gasteiger partial charge is 0.342 e. The van der Waals surface area contributed by atoms with Gasteiger partial charge in [0.05, 0.1) is 0 Å². The fourth-order valence-corrected chi connectivity index (χ4v) is 1.41. The molecule has 0 spiro atoms. The van der Waals surface area contributed by atoms with Gasteiger partial charge < -0.3 is 4.90 Å². The van der Waals surface area contributed by atoms with E-state index in [4.69, 9.17) is 11.6 Å². The van der Waals surface area contributed by atoms with Gasteiger partial charge in [0.1, 0.15) is 5.78 Å². The van der Waals surface area contributed by atoms with Crippen molar-refractivity contribution in [2.75, 3.05) is 19.0 Å². The first-order chi connectivity index (χ1) is 5.74. The summed E-state index contributed by atoms with van der Waals surface area (Å²) >= 11 is 5.43. The Labute approximate surface area is 76.7 Å². The van der Waals surface area contributed by atoms with Crippen LogP contribution in [0.2, 0.25) is 0 Å². The van der Waals surface area contributed by atoms with Gasteiger partial charge in [0.15, 0.2) is 0 Å². The summed E-state index contributed by atoms with van der Waals surface area (Å²) in [5.74, 6) is 0.686. The molecule has 1 saturated heterocycles. The van der Waals surface area contributed by atoms with E-state index >= 15 is 0 Å². The van der Waals surface area contributed by atoms with Crippen LogP contribution < -0.4 is 0 Å². The Morgan fingerprint density at radius 2 is 2.00 bits per heavy atom. The number of hydrogen-bond acceptors (Lipinski definition) is 2. The van der Waals surface area contributed by atoms with E-state index < -0.39 is 0 Å². The van der Waals surface area contributed by atoms with Crippen LogP contribution in [0.1, 0.15) is 19.3 Å². The third kappa shape index (κ3) is 2.48. The second-order valence-electron chi connectivity index (χ2n) is 2.86. The van der Waals surface area contributed by atoms with Crippen molar-refractivity contribution in [2.24, 2.45) is 0 Å². The van der Waals surface area contributed by atoms with Gasteiger partial charge >= 0.3 is 0 Å². The predicted octanol–water partition coefficient (Wildman–Crippen LogP) is 0.807. The Balaban J connectivity index is 2.33. The van der Waals surface area contributed by atoms with Crippen LogP contribution in [-0.4, -0.2) is 35.6 Å². The lowest BCUT2D eigenvalue weighted by Crippen LogP contribution is -2.38. The highest BCUT2D eigenvalue weighted by Gasteiger charge is 2.19. The number of likely N-dealkylation sites (tertiary alicyclic amines) is 1. The predicted molar refractivity (Wildman–Crippen MR) is 46.2 cm³/mol. The molecule has 68 valence electrons. The van der Waals surface area contributed by atoms with Gasteiger partial charge in [-0.05, 0) is 0 Å². The summed E-state index contributed by atoms with van der Waals surface area (Å²) < 4.78 is 0. The molecule has 3 nitrogen and oxygen atoms in total. The second-order valence-corrected chi connectivity index (χ2v) is 3.24. The standard InChI is InChI=1S/C8H12ClNO2/c9-4-1-8(12)10-5-2-7(11)3-6-10/h1-6H2. The molecule has 1 aliphatic rings. The molecule has 0 unspecified atom stereocenters. The molecule has 1 fully saturated rings. The van der Waals surface area contributed by atoms with Crippen LogP contribution in [0.3, 0.4) is 0 Å². The molecule has 4 heteroatoms.